The molecular weight excluding hydrogens is 210 g/mol. The van der Waals surface area contributed by atoms with E-state index in [4.69, 9.17) is 4.74 Å². The predicted octanol–water partition coefficient (Wildman–Crippen LogP) is 2.48. The maximum absolute atomic E-state index is 5.54. The van der Waals surface area contributed by atoms with Gasteiger partial charge in [-0.3, -0.25) is 0 Å². The van der Waals surface area contributed by atoms with Gasteiger partial charge in [-0.2, -0.15) is 0 Å². The molecule has 2 aliphatic rings. The molecule has 0 bridgehead atoms. The lowest BCUT2D eigenvalue weighted by atomic mass is 9.69. The Kier molecular flexibility index (Phi) is 2.93. The fourth-order valence-electron chi connectivity index (χ4n) is 3.47. The van der Waals surface area contributed by atoms with Crippen LogP contribution in [0.5, 0.6) is 0 Å². The summed E-state index contributed by atoms with van der Waals surface area (Å²) in [5.41, 5.74) is 3.33. The van der Waals surface area contributed by atoms with Crippen LogP contribution in [0.4, 0.5) is 0 Å². The zero-order valence-corrected chi connectivity index (χ0v) is 10.5. The molecule has 1 aromatic carbocycles. The largest absolute Gasteiger partial charge is 0.381 e. The standard InChI is InChI=1S/C15H21NO/c1-12-3-2-4-13(9-12)14-10-16-11-15(14)5-7-17-8-6-15/h2-4,9,14,16H,5-8,10-11H2,1H3. The van der Waals surface area contributed by atoms with Crippen LogP contribution in [-0.2, 0) is 4.74 Å². The van der Waals surface area contributed by atoms with E-state index < -0.39 is 0 Å². The maximum atomic E-state index is 5.54. The van der Waals surface area contributed by atoms with Gasteiger partial charge in [0.05, 0.1) is 0 Å². The van der Waals surface area contributed by atoms with Gasteiger partial charge in [-0.05, 0) is 30.7 Å². The number of aryl methyl sites for hydroxylation is 1. The van der Waals surface area contributed by atoms with Crippen LogP contribution in [0.15, 0.2) is 24.3 Å². The Balaban J connectivity index is 1.91. The first-order valence-corrected chi connectivity index (χ1v) is 6.65. The first kappa shape index (κ1) is 11.2. The summed E-state index contributed by atoms with van der Waals surface area (Å²) in [4.78, 5) is 0. The molecule has 1 aromatic rings. The topological polar surface area (TPSA) is 21.3 Å². The van der Waals surface area contributed by atoms with Gasteiger partial charge in [0.25, 0.3) is 0 Å². The number of nitrogens with one attached hydrogen (secondary N) is 1. The van der Waals surface area contributed by atoms with Crippen molar-refractivity contribution in [2.75, 3.05) is 26.3 Å². The van der Waals surface area contributed by atoms with Crippen molar-refractivity contribution in [3.05, 3.63) is 35.4 Å². The molecule has 1 spiro atoms. The molecule has 0 radical (unpaired) electrons. The molecule has 2 nitrogen and oxygen atoms in total. The molecule has 1 N–H and O–H groups in total. The summed E-state index contributed by atoms with van der Waals surface area (Å²) in [6.45, 7) is 6.34. The van der Waals surface area contributed by atoms with Gasteiger partial charge in [-0.1, -0.05) is 29.8 Å². The smallest absolute Gasteiger partial charge is 0.0472 e. The predicted molar refractivity (Wildman–Crippen MR) is 69.3 cm³/mol. The maximum Gasteiger partial charge on any atom is 0.0472 e. The second kappa shape index (κ2) is 4.43. The zero-order chi connectivity index (χ0) is 11.7. The van der Waals surface area contributed by atoms with Crippen molar-refractivity contribution >= 4 is 0 Å². The SMILES string of the molecule is Cc1cccc(C2CNCC23CCOCC3)c1. The monoisotopic (exact) mass is 231 g/mol. The molecule has 2 aliphatic heterocycles. The summed E-state index contributed by atoms with van der Waals surface area (Å²) < 4.78 is 5.54. The van der Waals surface area contributed by atoms with Gasteiger partial charge in [-0.15, -0.1) is 0 Å². The van der Waals surface area contributed by atoms with E-state index in [1.165, 1.54) is 24.0 Å². The van der Waals surface area contributed by atoms with Crippen LogP contribution in [0.25, 0.3) is 0 Å². The molecule has 2 heterocycles. The molecule has 0 saturated carbocycles. The summed E-state index contributed by atoms with van der Waals surface area (Å²) >= 11 is 0. The Morgan fingerprint density at radius 2 is 2.12 bits per heavy atom. The number of ether oxygens (including phenoxy) is 1. The number of hydrogen-bond acceptors (Lipinski definition) is 2. The van der Waals surface area contributed by atoms with Crippen LogP contribution < -0.4 is 5.32 Å². The molecule has 2 saturated heterocycles. The molecular formula is C15H21NO. The van der Waals surface area contributed by atoms with Gasteiger partial charge in [-0.25, -0.2) is 0 Å². The fourth-order valence-corrected chi connectivity index (χ4v) is 3.47. The van der Waals surface area contributed by atoms with Gasteiger partial charge in [0, 0.05) is 32.2 Å². The Hall–Kier alpha value is -0.860. The normalized spacial score (nSPS) is 27.5. The van der Waals surface area contributed by atoms with Crippen LogP contribution in [-0.4, -0.2) is 26.3 Å². The zero-order valence-electron chi connectivity index (χ0n) is 10.5. The molecule has 0 aliphatic carbocycles. The quantitative estimate of drug-likeness (QED) is 0.801. The number of benzene rings is 1. The first-order chi connectivity index (χ1) is 8.30. The van der Waals surface area contributed by atoms with E-state index >= 15 is 0 Å². The minimum Gasteiger partial charge on any atom is -0.381 e. The molecule has 1 atom stereocenters. The van der Waals surface area contributed by atoms with E-state index in [0.717, 1.165) is 26.3 Å². The van der Waals surface area contributed by atoms with Crippen molar-refractivity contribution in [1.82, 2.24) is 5.32 Å². The lowest BCUT2D eigenvalue weighted by Gasteiger charge is -2.38. The van der Waals surface area contributed by atoms with Crippen molar-refractivity contribution < 1.29 is 4.74 Å². The highest BCUT2D eigenvalue weighted by molar-refractivity contribution is 5.29. The second-order valence-electron chi connectivity index (χ2n) is 5.57. The molecule has 92 valence electrons. The summed E-state index contributed by atoms with van der Waals surface area (Å²) in [5.74, 6) is 0.672. The van der Waals surface area contributed by atoms with Gasteiger partial charge in [0.1, 0.15) is 0 Å². The highest BCUT2D eigenvalue weighted by Gasteiger charge is 2.44. The van der Waals surface area contributed by atoms with E-state index in [-0.39, 0.29) is 0 Å². The minimum atomic E-state index is 0.450. The highest BCUT2D eigenvalue weighted by Crippen LogP contribution is 2.46. The number of rotatable bonds is 1. The molecule has 17 heavy (non-hydrogen) atoms. The number of hydrogen-bond donors (Lipinski definition) is 1. The van der Waals surface area contributed by atoms with Gasteiger partial charge >= 0.3 is 0 Å². The van der Waals surface area contributed by atoms with Crippen LogP contribution in [0.2, 0.25) is 0 Å². The van der Waals surface area contributed by atoms with Crippen molar-refractivity contribution in [3.8, 4) is 0 Å². The summed E-state index contributed by atoms with van der Waals surface area (Å²) in [7, 11) is 0. The van der Waals surface area contributed by atoms with E-state index in [1.54, 1.807) is 0 Å². The Bertz CT molecular complexity index is 396. The Morgan fingerprint density at radius 3 is 2.88 bits per heavy atom. The van der Waals surface area contributed by atoms with Gasteiger partial charge in [0.2, 0.25) is 0 Å². The van der Waals surface area contributed by atoms with E-state index in [2.05, 4.69) is 36.5 Å². The molecule has 2 fully saturated rings. The third-order valence-corrected chi connectivity index (χ3v) is 4.50. The lowest BCUT2D eigenvalue weighted by molar-refractivity contribution is 0.0165. The average molecular weight is 231 g/mol. The van der Waals surface area contributed by atoms with E-state index in [0.29, 0.717) is 11.3 Å². The Labute approximate surface area is 103 Å². The second-order valence-corrected chi connectivity index (χ2v) is 5.57. The Morgan fingerprint density at radius 1 is 1.29 bits per heavy atom. The van der Waals surface area contributed by atoms with Crippen LogP contribution in [0.3, 0.4) is 0 Å². The van der Waals surface area contributed by atoms with Crippen molar-refractivity contribution in [3.63, 3.8) is 0 Å². The third kappa shape index (κ3) is 2.00. The first-order valence-electron chi connectivity index (χ1n) is 6.65. The summed E-state index contributed by atoms with van der Waals surface area (Å²) in [6, 6.07) is 9.02. The van der Waals surface area contributed by atoms with Crippen LogP contribution in [0.1, 0.15) is 29.9 Å². The van der Waals surface area contributed by atoms with Crippen molar-refractivity contribution in [1.29, 1.82) is 0 Å². The molecule has 0 aromatic heterocycles. The molecule has 3 rings (SSSR count). The molecule has 2 heteroatoms. The van der Waals surface area contributed by atoms with Crippen molar-refractivity contribution in [2.45, 2.75) is 25.7 Å². The van der Waals surface area contributed by atoms with E-state index in [9.17, 15) is 0 Å². The van der Waals surface area contributed by atoms with Gasteiger partial charge in [0.15, 0.2) is 0 Å². The molecule has 0 amide bonds. The van der Waals surface area contributed by atoms with Crippen molar-refractivity contribution in [2.24, 2.45) is 5.41 Å². The molecule has 1 unspecified atom stereocenters. The summed E-state index contributed by atoms with van der Waals surface area (Å²) in [5, 5.41) is 3.60. The summed E-state index contributed by atoms with van der Waals surface area (Å²) in [6.07, 6.45) is 2.41. The fraction of sp³-hybridized carbons (Fsp3) is 0.600. The van der Waals surface area contributed by atoms with Gasteiger partial charge < -0.3 is 10.1 Å². The average Bonchev–Trinajstić information content (AvgIpc) is 2.73. The minimum absolute atomic E-state index is 0.450. The van der Waals surface area contributed by atoms with Crippen LogP contribution in [0, 0.1) is 12.3 Å². The highest BCUT2D eigenvalue weighted by atomic mass is 16.5. The van der Waals surface area contributed by atoms with Crippen LogP contribution >= 0.6 is 0 Å². The lowest BCUT2D eigenvalue weighted by Crippen LogP contribution is -2.35. The van der Waals surface area contributed by atoms with E-state index in [1.807, 2.05) is 0 Å². The third-order valence-electron chi connectivity index (χ3n) is 4.50.